The average molecular weight is 237 g/mol. The summed E-state index contributed by atoms with van der Waals surface area (Å²) in [7, 11) is 1.87. The highest BCUT2D eigenvalue weighted by atomic mass is 127. The van der Waals surface area contributed by atoms with E-state index < -0.39 is 0 Å². The summed E-state index contributed by atoms with van der Waals surface area (Å²) in [5, 5.41) is 0. The maximum absolute atomic E-state index is 10.6. The molecule has 0 radical (unpaired) electrons. The number of hydrogen-bond acceptors (Lipinski definition) is 1. The normalized spacial score (nSPS) is 9.56. The number of rotatable bonds is 0. The fraction of sp³-hybridized carbons (Fsp3) is 0.200. The van der Waals surface area contributed by atoms with Crippen LogP contribution < -0.4 is 4.57 Å². The molecule has 1 heterocycles. The molecule has 0 atom stereocenters. The minimum Gasteiger partial charge on any atom is -0.239 e. The fourth-order valence-electron chi connectivity index (χ4n) is 0.554. The Bertz CT molecular complexity index is 231. The summed E-state index contributed by atoms with van der Waals surface area (Å²) < 4.78 is 3.34. The lowest BCUT2D eigenvalue weighted by Crippen LogP contribution is -2.24. The van der Waals surface area contributed by atoms with E-state index in [0.29, 0.717) is 0 Å². The summed E-state index contributed by atoms with van der Waals surface area (Å²) >= 11 is 1.73. The van der Waals surface area contributed by atoms with Crippen LogP contribution in [0.1, 0.15) is 0 Å². The Balaban J connectivity index is 2.98. The topological polar surface area (TPSA) is 25.9 Å². The van der Waals surface area contributed by atoms with Crippen molar-refractivity contribution in [2.24, 2.45) is 7.05 Å². The molecule has 4 heteroatoms. The molecular formula is C5H6IN2O+. The van der Waals surface area contributed by atoms with Crippen LogP contribution >= 0.6 is 22.6 Å². The molecule has 0 saturated carbocycles. The molecule has 0 saturated heterocycles. The van der Waals surface area contributed by atoms with Gasteiger partial charge in [-0.15, -0.1) is 0 Å². The summed E-state index contributed by atoms with van der Waals surface area (Å²) in [5.74, 6) is 0. The van der Waals surface area contributed by atoms with E-state index in [1.807, 2.05) is 17.8 Å². The minimum atomic E-state index is 0.00759. The smallest absolute Gasteiger partial charge is 0.239 e. The van der Waals surface area contributed by atoms with E-state index in [4.69, 9.17) is 0 Å². The Labute approximate surface area is 66.4 Å². The van der Waals surface area contributed by atoms with Gasteiger partial charge in [-0.05, 0) is 0 Å². The molecule has 0 aliphatic carbocycles. The Kier molecular flexibility index (Phi) is 1.84. The highest BCUT2D eigenvalue weighted by molar-refractivity contribution is 14.1. The van der Waals surface area contributed by atoms with Crippen LogP contribution in [0.25, 0.3) is 0 Å². The molecule has 0 N–H and O–H groups in total. The van der Waals surface area contributed by atoms with Crippen molar-refractivity contribution in [3.63, 3.8) is 0 Å². The van der Waals surface area contributed by atoms with Crippen LogP contribution in [0.3, 0.4) is 0 Å². The third kappa shape index (κ3) is 1.51. The van der Waals surface area contributed by atoms with Crippen LogP contribution in [0, 0.1) is 0 Å². The summed E-state index contributed by atoms with van der Waals surface area (Å²) in [4.78, 5) is 10.6. The van der Waals surface area contributed by atoms with Gasteiger partial charge in [-0.25, -0.2) is 9.36 Å². The molecule has 0 bridgehead atoms. The lowest BCUT2D eigenvalue weighted by atomic mass is 10.9. The van der Waals surface area contributed by atoms with Crippen molar-refractivity contribution in [1.29, 1.82) is 0 Å². The van der Waals surface area contributed by atoms with Crippen molar-refractivity contribution in [3.8, 4) is 0 Å². The highest BCUT2D eigenvalue weighted by Crippen LogP contribution is 1.92. The van der Waals surface area contributed by atoms with Gasteiger partial charge in [0.2, 0.25) is 0 Å². The SMILES string of the molecule is C[n+]1ccn(C(=O)I)c1. The van der Waals surface area contributed by atoms with Crippen LogP contribution in [-0.4, -0.2) is 8.48 Å². The molecule has 9 heavy (non-hydrogen) atoms. The molecule has 1 aromatic rings. The van der Waals surface area contributed by atoms with Gasteiger partial charge < -0.3 is 0 Å². The standard InChI is InChI=1S/C5H6IN2O/c1-7-2-3-8(4-7)5(6)9/h2-4H,1H3/q+1. The first-order valence-corrected chi connectivity index (χ1v) is 3.51. The quantitative estimate of drug-likeness (QED) is 0.371. The summed E-state index contributed by atoms with van der Waals surface area (Å²) in [6, 6.07) is 0. The van der Waals surface area contributed by atoms with Gasteiger partial charge in [-0.3, -0.25) is 0 Å². The Morgan fingerprint density at radius 1 is 1.78 bits per heavy atom. The Morgan fingerprint density at radius 2 is 2.44 bits per heavy atom. The molecule has 0 amide bonds. The molecule has 1 rings (SSSR count). The number of carbonyl (C=O) groups excluding carboxylic acids is 1. The largest absolute Gasteiger partial charge is 0.373 e. The van der Waals surface area contributed by atoms with E-state index in [0.717, 1.165) is 0 Å². The molecule has 0 unspecified atom stereocenters. The first-order valence-electron chi connectivity index (χ1n) is 2.43. The highest BCUT2D eigenvalue weighted by Gasteiger charge is 2.04. The Hall–Kier alpha value is -0.390. The number of nitrogens with zero attached hydrogens (tertiary/aromatic N) is 2. The van der Waals surface area contributed by atoms with E-state index in [1.165, 1.54) is 4.57 Å². The van der Waals surface area contributed by atoms with Crippen molar-refractivity contribution in [1.82, 2.24) is 4.57 Å². The second-order valence-electron chi connectivity index (χ2n) is 1.74. The first-order chi connectivity index (χ1) is 4.20. The van der Waals surface area contributed by atoms with E-state index in [2.05, 4.69) is 0 Å². The van der Waals surface area contributed by atoms with Gasteiger partial charge in [0.15, 0.2) is 0 Å². The number of halogens is 1. The minimum absolute atomic E-state index is 0.00759. The van der Waals surface area contributed by atoms with Crippen molar-refractivity contribution < 1.29 is 9.36 Å². The van der Waals surface area contributed by atoms with Crippen molar-refractivity contribution in [3.05, 3.63) is 18.7 Å². The van der Waals surface area contributed by atoms with Crippen molar-refractivity contribution in [2.45, 2.75) is 0 Å². The van der Waals surface area contributed by atoms with E-state index in [-0.39, 0.29) is 3.91 Å². The first kappa shape index (κ1) is 6.73. The van der Waals surface area contributed by atoms with Crippen LogP contribution in [0.15, 0.2) is 18.7 Å². The molecule has 0 spiro atoms. The molecule has 0 aromatic carbocycles. The summed E-state index contributed by atoms with van der Waals surface area (Å²) in [5.41, 5.74) is 0. The van der Waals surface area contributed by atoms with Gasteiger partial charge in [0.1, 0.15) is 12.4 Å². The van der Waals surface area contributed by atoms with Crippen LogP contribution in [0.5, 0.6) is 0 Å². The number of hydrogen-bond donors (Lipinski definition) is 0. The molecule has 0 aliphatic heterocycles. The lowest BCUT2D eigenvalue weighted by molar-refractivity contribution is -0.670. The number of aryl methyl sites for hydroxylation is 1. The van der Waals surface area contributed by atoms with Gasteiger partial charge in [-0.1, -0.05) is 0 Å². The summed E-state index contributed by atoms with van der Waals surface area (Å²) in [6.45, 7) is 0. The monoisotopic (exact) mass is 237 g/mol. The summed E-state index contributed by atoms with van der Waals surface area (Å²) in [6.07, 6.45) is 5.25. The average Bonchev–Trinajstić information content (AvgIpc) is 2.14. The van der Waals surface area contributed by atoms with Crippen molar-refractivity contribution in [2.75, 3.05) is 0 Å². The van der Waals surface area contributed by atoms with Gasteiger partial charge in [0.25, 0.3) is 6.33 Å². The maximum Gasteiger partial charge on any atom is 0.373 e. The molecule has 48 valence electrons. The zero-order valence-electron chi connectivity index (χ0n) is 4.91. The maximum atomic E-state index is 10.6. The van der Waals surface area contributed by atoms with E-state index >= 15 is 0 Å². The third-order valence-electron chi connectivity index (χ3n) is 0.972. The van der Waals surface area contributed by atoms with E-state index in [9.17, 15) is 4.79 Å². The lowest BCUT2D eigenvalue weighted by Gasteiger charge is -1.78. The molecule has 0 fully saturated rings. The number of aromatic nitrogens is 2. The van der Waals surface area contributed by atoms with Gasteiger partial charge in [0.05, 0.1) is 29.6 Å². The zero-order chi connectivity index (χ0) is 6.85. The molecular weight excluding hydrogens is 231 g/mol. The Morgan fingerprint density at radius 3 is 2.67 bits per heavy atom. The van der Waals surface area contributed by atoms with Crippen LogP contribution in [-0.2, 0) is 7.05 Å². The molecule has 3 nitrogen and oxygen atoms in total. The van der Waals surface area contributed by atoms with Gasteiger partial charge >= 0.3 is 3.91 Å². The fourth-order valence-corrected chi connectivity index (χ4v) is 0.840. The third-order valence-corrected chi connectivity index (χ3v) is 1.53. The molecule has 0 aliphatic rings. The van der Waals surface area contributed by atoms with Gasteiger partial charge in [0, 0.05) is 0 Å². The van der Waals surface area contributed by atoms with E-state index in [1.54, 1.807) is 35.1 Å². The van der Waals surface area contributed by atoms with Crippen LogP contribution in [0.4, 0.5) is 4.79 Å². The number of imidazole rings is 1. The van der Waals surface area contributed by atoms with Crippen molar-refractivity contribution >= 4 is 26.5 Å². The predicted octanol–water partition coefficient (Wildman–Crippen LogP) is 0.716. The van der Waals surface area contributed by atoms with Gasteiger partial charge in [-0.2, -0.15) is 4.57 Å². The second kappa shape index (κ2) is 2.47. The number of carbonyl (C=O) groups is 1. The molecule has 1 aromatic heterocycles. The predicted molar refractivity (Wildman–Crippen MR) is 40.4 cm³/mol. The van der Waals surface area contributed by atoms with Crippen LogP contribution in [0.2, 0.25) is 0 Å². The second-order valence-corrected chi connectivity index (χ2v) is 2.66. The zero-order valence-corrected chi connectivity index (χ0v) is 7.07.